The second-order valence-electron chi connectivity index (χ2n) is 6.12. The van der Waals surface area contributed by atoms with Gasteiger partial charge in [-0.25, -0.2) is 4.39 Å². The largest absolute Gasteiger partial charge is 0.207 e. The van der Waals surface area contributed by atoms with Crippen molar-refractivity contribution in [3.05, 3.63) is 89.7 Å². The summed E-state index contributed by atoms with van der Waals surface area (Å²) >= 11 is 1.69. The molecule has 0 unspecified atom stereocenters. The summed E-state index contributed by atoms with van der Waals surface area (Å²) in [7, 11) is 0. The van der Waals surface area contributed by atoms with E-state index in [0.29, 0.717) is 0 Å². The van der Waals surface area contributed by atoms with Gasteiger partial charge in [-0.1, -0.05) is 60.3 Å². The molecule has 0 saturated carbocycles. The van der Waals surface area contributed by atoms with Gasteiger partial charge in [0.05, 0.1) is 0 Å². The summed E-state index contributed by atoms with van der Waals surface area (Å²) in [6, 6.07) is 22.9. The fraction of sp³-hybridized carbons (Fsp3) is 0.0909. The third-order valence-corrected chi connectivity index (χ3v) is 5.43. The van der Waals surface area contributed by atoms with E-state index in [1.54, 1.807) is 23.9 Å². The van der Waals surface area contributed by atoms with Crippen LogP contribution in [0.25, 0.3) is 22.0 Å². The van der Waals surface area contributed by atoms with Crippen LogP contribution >= 0.6 is 11.8 Å². The van der Waals surface area contributed by atoms with Gasteiger partial charge < -0.3 is 0 Å². The van der Waals surface area contributed by atoms with Gasteiger partial charge in [-0.15, -0.1) is 10.2 Å². The number of nitrogens with zero attached hydrogens (tertiary/aromatic N) is 2. The second-order valence-corrected chi connectivity index (χ2v) is 7.09. The third kappa shape index (κ3) is 3.33. The molecule has 0 fully saturated rings. The molecule has 0 radical (unpaired) electrons. The second kappa shape index (κ2) is 7.26. The Hall–Kier alpha value is -2.72. The predicted octanol–water partition coefficient (Wildman–Crippen LogP) is 6.04. The molecule has 1 heterocycles. The molecule has 26 heavy (non-hydrogen) atoms. The molecule has 1 aromatic heterocycles. The summed E-state index contributed by atoms with van der Waals surface area (Å²) in [6.45, 7) is 2.12. The number of aromatic nitrogens is 2. The van der Waals surface area contributed by atoms with Crippen LogP contribution in [0.4, 0.5) is 4.39 Å². The molecule has 0 aliphatic carbocycles. The zero-order valence-electron chi connectivity index (χ0n) is 14.3. The fourth-order valence-corrected chi connectivity index (χ4v) is 3.97. The van der Waals surface area contributed by atoms with Crippen molar-refractivity contribution in [1.82, 2.24) is 10.2 Å². The average Bonchev–Trinajstić information content (AvgIpc) is 2.68. The SMILES string of the molecule is Cc1ccccc1CSc1nnc(-c2ccc(F)cc2)c2ccccc12. The van der Waals surface area contributed by atoms with Gasteiger partial charge in [0.1, 0.15) is 16.5 Å². The van der Waals surface area contributed by atoms with Gasteiger partial charge in [0.2, 0.25) is 0 Å². The molecular formula is C22H17FN2S. The molecular weight excluding hydrogens is 343 g/mol. The topological polar surface area (TPSA) is 25.8 Å². The predicted molar refractivity (Wildman–Crippen MR) is 106 cm³/mol. The summed E-state index contributed by atoms with van der Waals surface area (Å²) in [5, 5.41) is 11.9. The van der Waals surface area contributed by atoms with Gasteiger partial charge >= 0.3 is 0 Å². The van der Waals surface area contributed by atoms with E-state index < -0.39 is 0 Å². The lowest BCUT2D eigenvalue weighted by atomic mass is 10.1. The monoisotopic (exact) mass is 360 g/mol. The van der Waals surface area contributed by atoms with Crippen LogP contribution in [-0.2, 0) is 5.75 Å². The molecule has 0 aliphatic rings. The van der Waals surface area contributed by atoms with Crippen LogP contribution in [-0.4, -0.2) is 10.2 Å². The molecule has 4 heteroatoms. The van der Waals surface area contributed by atoms with E-state index in [1.165, 1.54) is 23.3 Å². The van der Waals surface area contributed by atoms with E-state index >= 15 is 0 Å². The Bertz CT molecular complexity index is 1060. The van der Waals surface area contributed by atoms with Gasteiger partial charge in [-0.3, -0.25) is 0 Å². The number of aryl methyl sites for hydroxylation is 1. The minimum atomic E-state index is -0.253. The molecule has 0 N–H and O–H groups in total. The minimum Gasteiger partial charge on any atom is -0.207 e. The first kappa shape index (κ1) is 16.7. The summed E-state index contributed by atoms with van der Waals surface area (Å²) in [5.74, 6) is 0.595. The van der Waals surface area contributed by atoms with Crippen molar-refractivity contribution in [2.24, 2.45) is 0 Å². The van der Waals surface area contributed by atoms with Gasteiger partial charge in [0, 0.05) is 22.1 Å². The van der Waals surface area contributed by atoms with Crippen LogP contribution < -0.4 is 0 Å². The molecule has 4 aromatic rings. The van der Waals surface area contributed by atoms with Crippen LogP contribution in [0, 0.1) is 12.7 Å². The Morgan fingerprint density at radius 1 is 0.808 bits per heavy atom. The maximum Gasteiger partial charge on any atom is 0.127 e. The smallest absolute Gasteiger partial charge is 0.127 e. The van der Waals surface area contributed by atoms with Gasteiger partial charge in [0.15, 0.2) is 0 Å². The van der Waals surface area contributed by atoms with Gasteiger partial charge in [-0.05, 0) is 42.3 Å². The Balaban J connectivity index is 1.72. The number of fused-ring (bicyclic) bond motifs is 1. The molecule has 128 valence electrons. The minimum absolute atomic E-state index is 0.253. The summed E-state index contributed by atoms with van der Waals surface area (Å²) in [6.07, 6.45) is 0. The highest BCUT2D eigenvalue weighted by atomic mass is 32.2. The number of benzene rings is 3. The molecule has 0 saturated heterocycles. The number of halogens is 1. The molecule has 2 nitrogen and oxygen atoms in total. The van der Waals surface area contributed by atoms with Crippen LogP contribution in [0.1, 0.15) is 11.1 Å². The van der Waals surface area contributed by atoms with Crippen molar-refractivity contribution in [3.63, 3.8) is 0 Å². The highest BCUT2D eigenvalue weighted by Crippen LogP contribution is 2.33. The zero-order chi connectivity index (χ0) is 17.9. The van der Waals surface area contributed by atoms with Crippen LogP contribution in [0.15, 0.2) is 77.8 Å². The van der Waals surface area contributed by atoms with E-state index in [9.17, 15) is 4.39 Å². The van der Waals surface area contributed by atoms with E-state index in [1.807, 2.05) is 18.2 Å². The Kier molecular flexibility index (Phi) is 4.67. The molecule has 3 aromatic carbocycles. The van der Waals surface area contributed by atoms with Crippen LogP contribution in [0.5, 0.6) is 0 Å². The Morgan fingerprint density at radius 3 is 2.27 bits per heavy atom. The summed E-state index contributed by atoms with van der Waals surface area (Å²) in [5.41, 5.74) is 4.22. The molecule has 0 atom stereocenters. The average molecular weight is 360 g/mol. The highest BCUT2D eigenvalue weighted by molar-refractivity contribution is 7.98. The summed E-state index contributed by atoms with van der Waals surface area (Å²) < 4.78 is 13.2. The lowest BCUT2D eigenvalue weighted by Crippen LogP contribution is -1.94. The lowest BCUT2D eigenvalue weighted by molar-refractivity contribution is 0.628. The molecule has 0 amide bonds. The summed E-state index contributed by atoms with van der Waals surface area (Å²) in [4.78, 5) is 0. The number of hydrogen-bond acceptors (Lipinski definition) is 3. The fourth-order valence-electron chi connectivity index (χ4n) is 2.93. The highest BCUT2D eigenvalue weighted by Gasteiger charge is 2.12. The van der Waals surface area contributed by atoms with Crippen molar-refractivity contribution in [3.8, 4) is 11.3 Å². The first-order valence-electron chi connectivity index (χ1n) is 8.41. The number of hydrogen-bond donors (Lipinski definition) is 0. The Morgan fingerprint density at radius 2 is 1.50 bits per heavy atom. The van der Waals surface area contributed by atoms with Crippen molar-refractivity contribution in [1.29, 1.82) is 0 Å². The first-order valence-corrected chi connectivity index (χ1v) is 9.39. The number of rotatable bonds is 4. The van der Waals surface area contributed by atoms with Crippen LogP contribution in [0.3, 0.4) is 0 Å². The van der Waals surface area contributed by atoms with E-state index in [2.05, 4.69) is 47.5 Å². The lowest BCUT2D eigenvalue weighted by Gasteiger charge is -2.10. The standard InChI is InChI=1S/C22H17FN2S/c1-15-6-2-3-7-17(15)14-26-22-20-9-5-4-8-19(20)21(24-25-22)16-10-12-18(23)13-11-16/h2-13H,14H2,1H3. The van der Waals surface area contributed by atoms with Gasteiger partial charge in [-0.2, -0.15) is 0 Å². The Labute approximate surface area is 156 Å². The molecule has 4 rings (SSSR count). The third-order valence-electron chi connectivity index (χ3n) is 4.40. The molecule has 0 spiro atoms. The van der Waals surface area contributed by atoms with Crippen molar-refractivity contribution < 1.29 is 4.39 Å². The molecule has 0 bridgehead atoms. The zero-order valence-corrected chi connectivity index (χ0v) is 15.1. The van der Waals surface area contributed by atoms with Gasteiger partial charge in [0.25, 0.3) is 0 Å². The van der Waals surface area contributed by atoms with E-state index in [4.69, 9.17) is 0 Å². The van der Waals surface area contributed by atoms with E-state index in [-0.39, 0.29) is 5.82 Å². The molecule has 0 aliphatic heterocycles. The first-order chi connectivity index (χ1) is 12.7. The maximum absolute atomic E-state index is 13.2. The number of thioether (sulfide) groups is 1. The quantitative estimate of drug-likeness (QED) is 0.415. The normalized spacial score (nSPS) is 11.0. The maximum atomic E-state index is 13.2. The van der Waals surface area contributed by atoms with E-state index in [0.717, 1.165) is 32.8 Å². The van der Waals surface area contributed by atoms with Crippen molar-refractivity contribution in [2.75, 3.05) is 0 Å². The van der Waals surface area contributed by atoms with Crippen molar-refractivity contribution in [2.45, 2.75) is 17.7 Å². The van der Waals surface area contributed by atoms with Crippen LogP contribution in [0.2, 0.25) is 0 Å². The van der Waals surface area contributed by atoms with Crippen molar-refractivity contribution >= 4 is 22.5 Å².